The van der Waals surface area contributed by atoms with Crippen molar-refractivity contribution in [2.45, 2.75) is 83.5 Å². The Hall–Kier alpha value is -0.330. The summed E-state index contributed by atoms with van der Waals surface area (Å²) in [6.45, 7) is 0. The Morgan fingerprint density at radius 2 is 1.24 bits per heavy atom. The first-order valence-corrected chi connectivity index (χ1v) is 7.90. The van der Waals surface area contributed by atoms with Crippen LogP contribution in [0.15, 0.2) is 0 Å². The summed E-state index contributed by atoms with van der Waals surface area (Å²) in [6, 6.07) is 0. The van der Waals surface area contributed by atoms with Crippen LogP contribution in [0, 0.1) is 11.8 Å². The minimum atomic E-state index is 0.486. The molecule has 0 heterocycles. The molecule has 2 atom stereocenters. The zero-order valence-corrected chi connectivity index (χ0v) is 11.3. The number of hydrogen-bond acceptors (Lipinski definition) is 1. The van der Waals surface area contributed by atoms with E-state index < -0.39 is 0 Å². The van der Waals surface area contributed by atoms with Gasteiger partial charge in [0.1, 0.15) is 5.78 Å². The molecule has 0 aromatic rings. The number of hydrogen-bond donors (Lipinski definition) is 0. The molecule has 0 radical (unpaired) electrons. The largest absolute Gasteiger partial charge is 0.299 e. The summed E-state index contributed by atoms with van der Waals surface area (Å²) in [4.78, 5) is 11.9. The lowest BCUT2D eigenvalue weighted by Gasteiger charge is -2.01. The van der Waals surface area contributed by atoms with E-state index in [-0.39, 0.29) is 0 Å². The van der Waals surface area contributed by atoms with Crippen LogP contribution in [0.3, 0.4) is 0 Å². The maximum atomic E-state index is 11.9. The van der Waals surface area contributed by atoms with Crippen molar-refractivity contribution in [2.75, 3.05) is 0 Å². The first kappa shape index (κ1) is 13.1. The first-order chi connectivity index (χ1) is 8.38. The molecular weight excluding hydrogens is 208 g/mol. The van der Waals surface area contributed by atoms with Gasteiger partial charge >= 0.3 is 0 Å². The second kappa shape index (κ2) is 7.18. The molecular formula is C16H28O. The fraction of sp³-hybridized carbons (Fsp3) is 0.938. The van der Waals surface area contributed by atoms with Crippen molar-refractivity contribution in [3.63, 3.8) is 0 Å². The van der Waals surface area contributed by atoms with E-state index in [0.717, 1.165) is 18.8 Å². The number of fused-ring (bicyclic) bond motifs is 1. The number of rotatable bonds is 0. The van der Waals surface area contributed by atoms with Gasteiger partial charge in [0.25, 0.3) is 0 Å². The van der Waals surface area contributed by atoms with Crippen LogP contribution in [-0.2, 0) is 4.79 Å². The monoisotopic (exact) mass is 236 g/mol. The van der Waals surface area contributed by atoms with Gasteiger partial charge in [-0.1, -0.05) is 57.8 Å². The lowest BCUT2D eigenvalue weighted by molar-refractivity contribution is -0.120. The quantitative estimate of drug-likeness (QED) is 0.585. The number of Topliss-reactive ketones (excluding diaryl/α,β-unsaturated/α-hetero) is 1. The highest BCUT2D eigenvalue weighted by Gasteiger charge is 2.40. The van der Waals surface area contributed by atoms with Gasteiger partial charge in [-0.05, 0) is 25.2 Å². The number of ketones is 1. The molecule has 0 aromatic carbocycles. The number of carbonyl (C=O) groups excluding carboxylic acids is 1. The second-order valence-electron chi connectivity index (χ2n) is 6.14. The Morgan fingerprint density at radius 1 is 0.706 bits per heavy atom. The molecule has 2 rings (SSSR count). The van der Waals surface area contributed by atoms with E-state index in [1.165, 1.54) is 70.6 Å². The average Bonchev–Trinajstić information content (AvgIpc) is 3.08. The summed E-state index contributed by atoms with van der Waals surface area (Å²) >= 11 is 0. The Labute approximate surface area is 106 Å². The first-order valence-electron chi connectivity index (χ1n) is 7.90. The zero-order valence-electron chi connectivity index (χ0n) is 11.3. The lowest BCUT2D eigenvalue weighted by atomic mass is 10.0. The predicted octanol–water partition coefficient (Wildman–Crippen LogP) is 4.89. The van der Waals surface area contributed by atoms with Crippen LogP contribution < -0.4 is 0 Å². The van der Waals surface area contributed by atoms with E-state index in [2.05, 4.69) is 0 Å². The van der Waals surface area contributed by atoms with Gasteiger partial charge < -0.3 is 0 Å². The highest BCUT2D eigenvalue weighted by molar-refractivity contribution is 5.83. The lowest BCUT2D eigenvalue weighted by Crippen LogP contribution is -2.02. The maximum absolute atomic E-state index is 11.9. The Balaban J connectivity index is 1.69. The molecule has 1 heteroatoms. The van der Waals surface area contributed by atoms with Gasteiger partial charge in [-0.3, -0.25) is 4.79 Å². The van der Waals surface area contributed by atoms with Crippen molar-refractivity contribution in [3.05, 3.63) is 0 Å². The Morgan fingerprint density at radius 3 is 1.88 bits per heavy atom. The molecule has 2 saturated carbocycles. The molecule has 0 bridgehead atoms. The van der Waals surface area contributed by atoms with Gasteiger partial charge in [0.15, 0.2) is 0 Å². The van der Waals surface area contributed by atoms with Crippen molar-refractivity contribution >= 4 is 5.78 Å². The zero-order chi connectivity index (χ0) is 11.9. The Bertz CT molecular complexity index is 234. The van der Waals surface area contributed by atoms with E-state index in [1.54, 1.807) is 0 Å². The molecule has 2 aliphatic rings. The van der Waals surface area contributed by atoms with E-state index in [9.17, 15) is 4.79 Å². The van der Waals surface area contributed by atoms with Gasteiger partial charge in [0.05, 0.1) is 0 Å². The second-order valence-corrected chi connectivity index (χ2v) is 6.14. The molecule has 17 heavy (non-hydrogen) atoms. The number of carbonyl (C=O) groups is 1. The van der Waals surface area contributed by atoms with Crippen LogP contribution in [0.5, 0.6) is 0 Å². The highest BCUT2D eigenvalue weighted by Crippen LogP contribution is 2.44. The maximum Gasteiger partial charge on any atom is 0.136 e. The van der Waals surface area contributed by atoms with Gasteiger partial charge in [-0.15, -0.1) is 0 Å². The Kier molecular flexibility index (Phi) is 5.54. The van der Waals surface area contributed by atoms with Crippen molar-refractivity contribution in [1.29, 1.82) is 0 Å². The standard InChI is InChI=1S/C16H28O/c17-16-12-10-8-6-4-2-1-3-5-7-9-11-14-13-15(14)16/h14-15H,1-13H2/t14-,15-/m0/s1. The highest BCUT2D eigenvalue weighted by atomic mass is 16.1. The van der Waals surface area contributed by atoms with Crippen molar-refractivity contribution in [3.8, 4) is 0 Å². The minimum Gasteiger partial charge on any atom is -0.299 e. The molecule has 0 spiro atoms. The predicted molar refractivity (Wildman–Crippen MR) is 72.0 cm³/mol. The fourth-order valence-electron chi connectivity index (χ4n) is 3.27. The topological polar surface area (TPSA) is 17.1 Å². The summed E-state index contributed by atoms with van der Waals surface area (Å²) in [7, 11) is 0. The van der Waals surface area contributed by atoms with Gasteiger partial charge in [0.2, 0.25) is 0 Å². The third kappa shape index (κ3) is 4.81. The molecule has 1 nitrogen and oxygen atoms in total. The molecule has 0 aromatic heterocycles. The average molecular weight is 236 g/mol. The van der Waals surface area contributed by atoms with Crippen LogP contribution in [0.1, 0.15) is 83.5 Å². The van der Waals surface area contributed by atoms with E-state index >= 15 is 0 Å². The minimum absolute atomic E-state index is 0.486. The van der Waals surface area contributed by atoms with Gasteiger partial charge in [-0.25, -0.2) is 0 Å². The normalized spacial score (nSPS) is 33.3. The smallest absolute Gasteiger partial charge is 0.136 e. The summed E-state index contributed by atoms with van der Waals surface area (Å²) < 4.78 is 0. The van der Waals surface area contributed by atoms with Crippen LogP contribution >= 0.6 is 0 Å². The van der Waals surface area contributed by atoms with Gasteiger partial charge in [0, 0.05) is 12.3 Å². The molecule has 0 unspecified atom stereocenters. The van der Waals surface area contributed by atoms with Gasteiger partial charge in [-0.2, -0.15) is 0 Å². The SMILES string of the molecule is O=C1CCCCCCCCCCCC[C@H]2C[C@H]12. The molecule has 0 amide bonds. The molecule has 0 N–H and O–H groups in total. The molecule has 2 aliphatic carbocycles. The molecule has 0 aliphatic heterocycles. The molecule has 98 valence electrons. The van der Waals surface area contributed by atoms with E-state index in [4.69, 9.17) is 0 Å². The van der Waals surface area contributed by atoms with Crippen molar-refractivity contribution in [1.82, 2.24) is 0 Å². The van der Waals surface area contributed by atoms with Crippen LogP contribution in [0.4, 0.5) is 0 Å². The molecule has 2 fully saturated rings. The fourth-order valence-corrected chi connectivity index (χ4v) is 3.27. The summed E-state index contributed by atoms with van der Waals surface area (Å²) in [5, 5.41) is 0. The summed E-state index contributed by atoms with van der Waals surface area (Å²) in [5.41, 5.74) is 0. The van der Waals surface area contributed by atoms with Crippen LogP contribution in [0.25, 0.3) is 0 Å². The molecule has 0 saturated heterocycles. The third-order valence-electron chi connectivity index (χ3n) is 4.58. The summed E-state index contributed by atoms with van der Waals surface area (Å²) in [5.74, 6) is 1.86. The van der Waals surface area contributed by atoms with E-state index in [1.807, 2.05) is 0 Å². The van der Waals surface area contributed by atoms with Crippen LogP contribution in [0.2, 0.25) is 0 Å². The van der Waals surface area contributed by atoms with Crippen molar-refractivity contribution in [2.24, 2.45) is 11.8 Å². The van der Waals surface area contributed by atoms with Crippen LogP contribution in [-0.4, -0.2) is 5.78 Å². The van der Waals surface area contributed by atoms with Crippen molar-refractivity contribution < 1.29 is 4.79 Å². The van der Waals surface area contributed by atoms with E-state index in [0.29, 0.717) is 11.7 Å². The summed E-state index contributed by atoms with van der Waals surface area (Å²) in [6.07, 6.45) is 17.1. The third-order valence-corrected chi connectivity index (χ3v) is 4.58.